The number of esters is 1. The number of sulfonamides is 1. The van der Waals surface area contributed by atoms with Gasteiger partial charge in [-0.1, -0.05) is 18.2 Å². The van der Waals surface area contributed by atoms with Crippen LogP contribution in [0.3, 0.4) is 0 Å². The maximum absolute atomic E-state index is 11.7. The smallest absolute Gasteiger partial charge is 0.305 e. The Morgan fingerprint density at radius 3 is 2.53 bits per heavy atom. The van der Waals surface area contributed by atoms with Gasteiger partial charge in [0, 0.05) is 12.1 Å². The van der Waals surface area contributed by atoms with Crippen LogP contribution in [0, 0.1) is 0 Å². The van der Waals surface area contributed by atoms with E-state index in [1.54, 1.807) is 31.2 Å². The topological polar surface area (TPSA) is 72.5 Å². The molecular formula is C13H19NO4S. The highest BCUT2D eigenvalue weighted by Gasteiger charge is 2.10. The number of ether oxygens (including phenoxy) is 1. The Labute approximate surface area is 114 Å². The van der Waals surface area contributed by atoms with Gasteiger partial charge in [-0.2, -0.15) is 0 Å². The van der Waals surface area contributed by atoms with Crippen LogP contribution in [0.4, 0.5) is 5.69 Å². The molecule has 0 saturated carbocycles. The molecule has 5 nitrogen and oxygen atoms in total. The molecule has 0 aliphatic carbocycles. The van der Waals surface area contributed by atoms with Gasteiger partial charge in [0.1, 0.15) is 0 Å². The van der Waals surface area contributed by atoms with Crippen molar-refractivity contribution in [3.8, 4) is 0 Å². The summed E-state index contributed by atoms with van der Waals surface area (Å²) in [4.78, 5) is 11.1. The number of unbranched alkanes of at least 4 members (excludes halogenated alkanes) is 1. The molecule has 0 saturated heterocycles. The summed E-state index contributed by atoms with van der Waals surface area (Å²) in [5, 5.41) is 0. The molecule has 1 aromatic carbocycles. The maximum Gasteiger partial charge on any atom is 0.305 e. The normalized spacial score (nSPS) is 11.0. The van der Waals surface area contributed by atoms with E-state index >= 15 is 0 Å². The van der Waals surface area contributed by atoms with Gasteiger partial charge in [0.2, 0.25) is 10.0 Å². The summed E-state index contributed by atoms with van der Waals surface area (Å²) in [7, 11) is -3.35. The van der Waals surface area contributed by atoms with Gasteiger partial charge in [-0.05, 0) is 31.9 Å². The average molecular weight is 285 g/mol. The van der Waals surface area contributed by atoms with E-state index in [1.807, 2.05) is 6.07 Å². The van der Waals surface area contributed by atoms with Crippen molar-refractivity contribution in [2.75, 3.05) is 17.1 Å². The molecule has 19 heavy (non-hydrogen) atoms. The summed E-state index contributed by atoms with van der Waals surface area (Å²) < 4.78 is 30.7. The van der Waals surface area contributed by atoms with Gasteiger partial charge in [0.25, 0.3) is 0 Å². The first-order chi connectivity index (χ1) is 9.03. The van der Waals surface area contributed by atoms with Crippen LogP contribution in [-0.2, 0) is 19.6 Å². The standard InChI is InChI=1S/C13H19NO4S/c1-2-18-13(15)10-6-7-11-19(16,17)14-12-8-4-3-5-9-12/h3-5,8-9,14H,2,6-7,10-11H2,1H3. The zero-order chi connectivity index (χ0) is 14.1. The van der Waals surface area contributed by atoms with Crippen molar-refractivity contribution in [2.24, 2.45) is 0 Å². The molecule has 1 rings (SSSR count). The summed E-state index contributed by atoms with van der Waals surface area (Å²) in [5.74, 6) is -0.280. The molecule has 0 atom stereocenters. The van der Waals surface area contributed by atoms with Gasteiger partial charge in [0.15, 0.2) is 0 Å². The first-order valence-electron chi connectivity index (χ1n) is 6.24. The Bertz CT molecular complexity index is 485. The largest absolute Gasteiger partial charge is 0.466 e. The van der Waals surface area contributed by atoms with Crippen LogP contribution < -0.4 is 4.72 Å². The summed E-state index contributed by atoms with van der Waals surface area (Å²) in [5.41, 5.74) is 0.549. The maximum atomic E-state index is 11.7. The molecule has 0 bridgehead atoms. The number of hydrogen-bond donors (Lipinski definition) is 1. The third-order valence-corrected chi connectivity index (χ3v) is 3.77. The van der Waals surface area contributed by atoms with E-state index in [-0.39, 0.29) is 18.1 Å². The second-order valence-corrected chi connectivity index (χ2v) is 5.89. The number of rotatable bonds is 8. The highest BCUT2D eigenvalue weighted by Crippen LogP contribution is 2.09. The quantitative estimate of drug-likeness (QED) is 0.587. The third kappa shape index (κ3) is 6.81. The van der Waals surface area contributed by atoms with Gasteiger partial charge in [-0.15, -0.1) is 0 Å². The Hall–Kier alpha value is -1.56. The molecule has 0 aromatic heterocycles. The van der Waals surface area contributed by atoms with Crippen LogP contribution in [-0.4, -0.2) is 26.7 Å². The van der Waals surface area contributed by atoms with Crippen molar-refractivity contribution >= 4 is 21.7 Å². The summed E-state index contributed by atoms with van der Waals surface area (Å²) in [6, 6.07) is 8.72. The first kappa shape index (κ1) is 15.5. The third-order valence-electron chi connectivity index (χ3n) is 2.40. The molecule has 0 heterocycles. The van der Waals surface area contributed by atoms with Crippen LogP contribution in [0.2, 0.25) is 0 Å². The number of nitrogens with one attached hydrogen (secondary N) is 1. The molecule has 0 spiro atoms. The van der Waals surface area contributed by atoms with Crippen molar-refractivity contribution < 1.29 is 17.9 Å². The molecule has 1 N–H and O–H groups in total. The van der Waals surface area contributed by atoms with E-state index < -0.39 is 10.0 Å². The van der Waals surface area contributed by atoms with Crippen LogP contribution in [0.15, 0.2) is 30.3 Å². The fraction of sp³-hybridized carbons (Fsp3) is 0.462. The molecule has 0 radical (unpaired) electrons. The summed E-state index contributed by atoms with van der Waals surface area (Å²) in [6.45, 7) is 2.10. The molecule has 1 aromatic rings. The van der Waals surface area contributed by atoms with Gasteiger partial charge < -0.3 is 4.74 Å². The van der Waals surface area contributed by atoms with Crippen molar-refractivity contribution in [3.63, 3.8) is 0 Å². The minimum Gasteiger partial charge on any atom is -0.466 e. The van der Waals surface area contributed by atoms with E-state index in [4.69, 9.17) is 4.74 Å². The Balaban J connectivity index is 2.30. The molecule has 0 aliphatic rings. The fourth-order valence-electron chi connectivity index (χ4n) is 1.53. The van der Waals surface area contributed by atoms with E-state index in [9.17, 15) is 13.2 Å². The summed E-state index contributed by atoms with van der Waals surface area (Å²) in [6.07, 6.45) is 1.20. The number of anilines is 1. The number of carbonyl (C=O) groups excluding carboxylic acids is 1. The van der Waals surface area contributed by atoms with Crippen molar-refractivity contribution in [1.82, 2.24) is 0 Å². The predicted molar refractivity (Wildman–Crippen MR) is 74.3 cm³/mol. The van der Waals surface area contributed by atoms with E-state index in [2.05, 4.69) is 4.72 Å². The molecule has 0 amide bonds. The average Bonchev–Trinajstić information content (AvgIpc) is 2.36. The number of carbonyl (C=O) groups is 1. The first-order valence-corrected chi connectivity index (χ1v) is 7.90. The van der Waals surface area contributed by atoms with Crippen LogP contribution in [0.5, 0.6) is 0 Å². The lowest BCUT2D eigenvalue weighted by Crippen LogP contribution is -2.17. The Kier molecular flexibility index (Phi) is 6.35. The predicted octanol–water partition coefficient (Wildman–Crippen LogP) is 2.16. The second-order valence-electron chi connectivity index (χ2n) is 4.05. The number of benzene rings is 1. The van der Waals surface area contributed by atoms with Gasteiger partial charge in [0.05, 0.1) is 12.4 Å². The van der Waals surface area contributed by atoms with Crippen LogP contribution in [0.1, 0.15) is 26.2 Å². The van der Waals surface area contributed by atoms with Crippen LogP contribution in [0.25, 0.3) is 0 Å². The molecule has 0 fully saturated rings. The minimum absolute atomic E-state index is 0.00129. The van der Waals surface area contributed by atoms with Crippen molar-refractivity contribution in [1.29, 1.82) is 0 Å². The molecular weight excluding hydrogens is 266 g/mol. The fourth-order valence-corrected chi connectivity index (χ4v) is 2.71. The lowest BCUT2D eigenvalue weighted by molar-refractivity contribution is -0.143. The monoisotopic (exact) mass is 285 g/mol. The van der Waals surface area contributed by atoms with Crippen LogP contribution >= 0.6 is 0 Å². The number of hydrogen-bond acceptors (Lipinski definition) is 4. The summed E-state index contributed by atoms with van der Waals surface area (Å²) >= 11 is 0. The zero-order valence-electron chi connectivity index (χ0n) is 11.0. The number of para-hydroxylation sites is 1. The van der Waals surface area contributed by atoms with Gasteiger partial charge in [-0.25, -0.2) is 8.42 Å². The van der Waals surface area contributed by atoms with Gasteiger partial charge in [-0.3, -0.25) is 9.52 Å². The lowest BCUT2D eigenvalue weighted by atomic mass is 10.2. The van der Waals surface area contributed by atoms with Crippen molar-refractivity contribution in [2.45, 2.75) is 26.2 Å². The minimum atomic E-state index is -3.35. The molecule has 6 heteroatoms. The Morgan fingerprint density at radius 2 is 1.89 bits per heavy atom. The Morgan fingerprint density at radius 1 is 1.21 bits per heavy atom. The van der Waals surface area contributed by atoms with E-state index in [1.165, 1.54) is 0 Å². The lowest BCUT2D eigenvalue weighted by Gasteiger charge is -2.07. The highest BCUT2D eigenvalue weighted by atomic mass is 32.2. The molecule has 106 valence electrons. The SMILES string of the molecule is CCOC(=O)CCCCS(=O)(=O)Nc1ccccc1. The van der Waals surface area contributed by atoms with E-state index in [0.29, 0.717) is 25.1 Å². The van der Waals surface area contributed by atoms with Crippen molar-refractivity contribution in [3.05, 3.63) is 30.3 Å². The molecule has 0 unspecified atom stereocenters. The molecule has 0 aliphatic heterocycles. The van der Waals surface area contributed by atoms with Gasteiger partial charge >= 0.3 is 5.97 Å². The highest BCUT2D eigenvalue weighted by molar-refractivity contribution is 7.92. The van der Waals surface area contributed by atoms with E-state index in [0.717, 1.165) is 0 Å². The second kappa shape index (κ2) is 7.78. The zero-order valence-corrected chi connectivity index (χ0v) is 11.8.